The molecule has 1 saturated heterocycles. The molecule has 110 valence electrons. The van der Waals surface area contributed by atoms with Crippen molar-refractivity contribution in [2.75, 3.05) is 18.5 Å². The summed E-state index contributed by atoms with van der Waals surface area (Å²) in [4.78, 5) is 11.9. The lowest BCUT2D eigenvalue weighted by Gasteiger charge is -2.16. The van der Waals surface area contributed by atoms with E-state index in [1.807, 2.05) is 0 Å². The van der Waals surface area contributed by atoms with Gasteiger partial charge in [0, 0.05) is 6.61 Å². The molecule has 1 fully saturated rings. The highest BCUT2D eigenvalue weighted by Gasteiger charge is 2.21. The van der Waals surface area contributed by atoms with Crippen LogP contribution in [-0.4, -0.2) is 36.4 Å². The van der Waals surface area contributed by atoms with Crippen LogP contribution in [0.1, 0.15) is 19.8 Å². The lowest BCUT2D eigenvalue weighted by molar-refractivity contribution is -0.128. The zero-order valence-electron chi connectivity index (χ0n) is 11.3. The zero-order valence-corrected chi connectivity index (χ0v) is 11.3. The molecule has 5 nitrogen and oxygen atoms in total. The molecule has 1 aliphatic rings. The van der Waals surface area contributed by atoms with Crippen LogP contribution in [0.25, 0.3) is 0 Å². The van der Waals surface area contributed by atoms with Gasteiger partial charge in [0.05, 0.1) is 12.7 Å². The second-order valence-electron chi connectivity index (χ2n) is 4.73. The van der Waals surface area contributed by atoms with Crippen molar-refractivity contribution in [1.82, 2.24) is 0 Å². The Kier molecular flexibility index (Phi) is 4.92. The summed E-state index contributed by atoms with van der Waals surface area (Å²) in [6.07, 6.45) is 1.19. The third-order valence-electron chi connectivity index (χ3n) is 3.17. The standard InChI is InChI=1S/C14H18FNO4/c1-9(20-8-10-4-3-7-19-10)14(18)16-13-11(15)5-2-6-12(13)17/h2,5-6,9-10,17H,3-4,7-8H2,1H3,(H,16,18)/t9-,10+/m1/s1. The summed E-state index contributed by atoms with van der Waals surface area (Å²) in [5.41, 5.74) is -0.231. The Bertz CT molecular complexity index is 454. The Hall–Kier alpha value is -1.66. The molecule has 0 unspecified atom stereocenters. The normalized spacial score (nSPS) is 19.8. The van der Waals surface area contributed by atoms with Crippen molar-refractivity contribution in [1.29, 1.82) is 0 Å². The van der Waals surface area contributed by atoms with Crippen molar-refractivity contribution in [3.8, 4) is 5.75 Å². The van der Waals surface area contributed by atoms with Gasteiger partial charge < -0.3 is 19.9 Å². The van der Waals surface area contributed by atoms with E-state index in [9.17, 15) is 14.3 Å². The van der Waals surface area contributed by atoms with Gasteiger partial charge in [0.1, 0.15) is 17.5 Å². The van der Waals surface area contributed by atoms with Gasteiger partial charge in [0.2, 0.25) is 0 Å². The topological polar surface area (TPSA) is 67.8 Å². The highest BCUT2D eigenvalue weighted by atomic mass is 19.1. The number of hydrogen-bond acceptors (Lipinski definition) is 4. The van der Waals surface area contributed by atoms with E-state index >= 15 is 0 Å². The second-order valence-corrected chi connectivity index (χ2v) is 4.73. The number of phenols is 1. The number of nitrogens with one attached hydrogen (secondary N) is 1. The maximum absolute atomic E-state index is 13.5. The second kappa shape index (κ2) is 6.67. The number of benzene rings is 1. The summed E-state index contributed by atoms with van der Waals surface area (Å²) in [5, 5.41) is 11.8. The molecule has 2 atom stereocenters. The van der Waals surface area contributed by atoms with Crippen LogP contribution in [0.15, 0.2) is 18.2 Å². The number of hydrogen-bond donors (Lipinski definition) is 2. The molecule has 1 aromatic rings. The highest BCUT2D eigenvalue weighted by Crippen LogP contribution is 2.26. The van der Waals surface area contributed by atoms with E-state index < -0.39 is 17.8 Å². The molecule has 0 aromatic heterocycles. The molecule has 20 heavy (non-hydrogen) atoms. The van der Waals surface area contributed by atoms with Gasteiger partial charge in [-0.25, -0.2) is 4.39 Å². The van der Waals surface area contributed by atoms with Crippen LogP contribution in [-0.2, 0) is 14.3 Å². The number of phenolic OH excluding ortho intramolecular Hbond substituents is 1. The maximum Gasteiger partial charge on any atom is 0.253 e. The first-order valence-electron chi connectivity index (χ1n) is 6.59. The summed E-state index contributed by atoms with van der Waals surface area (Å²) in [5.74, 6) is -1.52. The number of aromatic hydroxyl groups is 1. The number of carbonyl (C=O) groups excluding carboxylic acids is 1. The first-order valence-corrected chi connectivity index (χ1v) is 6.59. The van der Waals surface area contributed by atoms with E-state index in [0.29, 0.717) is 6.61 Å². The van der Waals surface area contributed by atoms with Crippen LogP contribution in [0.2, 0.25) is 0 Å². The predicted octanol–water partition coefficient (Wildman–Crippen LogP) is 2.05. The van der Waals surface area contributed by atoms with Crippen molar-refractivity contribution in [2.45, 2.75) is 32.0 Å². The summed E-state index contributed by atoms with van der Waals surface area (Å²) in [7, 11) is 0. The van der Waals surface area contributed by atoms with Crippen molar-refractivity contribution >= 4 is 11.6 Å². The third kappa shape index (κ3) is 3.68. The van der Waals surface area contributed by atoms with Crippen molar-refractivity contribution < 1.29 is 23.8 Å². The van der Waals surface area contributed by atoms with E-state index in [2.05, 4.69) is 5.32 Å². The Morgan fingerprint density at radius 2 is 2.45 bits per heavy atom. The Morgan fingerprint density at radius 3 is 3.10 bits per heavy atom. The minimum atomic E-state index is -0.752. The van der Waals surface area contributed by atoms with Gasteiger partial charge in [-0.2, -0.15) is 0 Å². The Balaban J connectivity index is 1.87. The lowest BCUT2D eigenvalue weighted by atomic mass is 10.2. The van der Waals surface area contributed by atoms with Gasteiger partial charge in [-0.15, -0.1) is 0 Å². The molecule has 2 rings (SSSR count). The molecular formula is C14H18FNO4. The summed E-state index contributed by atoms with van der Waals surface area (Å²) >= 11 is 0. The van der Waals surface area contributed by atoms with Crippen LogP contribution in [0.3, 0.4) is 0 Å². The van der Waals surface area contributed by atoms with Crippen LogP contribution in [0.4, 0.5) is 10.1 Å². The summed E-state index contributed by atoms with van der Waals surface area (Å²) < 4.78 is 24.3. The van der Waals surface area contributed by atoms with Gasteiger partial charge >= 0.3 is 0 Å². The number of amides is 1. The SMILES string of the molecule is C[C@@H](OC[C@@H]1CCCO1)C(=O)Nc1c(O)cccc1F. The quantitative estimate of drug-likeness (QED) is 0.812. The average molecular weight is 283 g/mol. The molecule has 1 amide bonds. The van der Waals surface area contributed by atoms with E-state index in [0.717, 1.165) is 25.5 Å². The van der Waals surface area contributed by atoms with Gasteiger partial charge in [-0.1, -0.05) is 6.07 Å². The number of para-hydroxylation sites is 1. The Morgan fingerprint density at radius 1 is 1.65 bits per heavy atom. The van der Waals surface area contributed by atoms with Crippen molar-refractivity contribution in [2.24, 2.45) is 0 Å². The predicted molar refractivity (Wildman–Crippen MR) is 71.1 cm³/mol. The number of rotatable bonds is 5. The molecule has 0 spiro atoms. The molecule has 0 bridgehead atoms. The van der Waals surface area contributed by atoms with Crippen LogP contribution >= 0.6 is 0 Å². The molecule has 0 aliphatic carbocycles. The summed E-state index contributed by atoms with van der Waals surface area (Å²) in [6.45, 7) is 2.62. The monoisotopic (exact) mass is 283 g/mol. The first kappa shape index (κ1) is 14.7. The number of carbonyl (C=O) groups is 1. The number of halogens is 1. The maximum atomic E-state index is 13.5. The van der Waals surface area contributed by atoms with Crippen molar-refractivity contribution in [3.05, 3.63) is 24.0 Å². The number of ether oxygens (including phenoxy) is 2. The van der Waals surface area contributed by atoms with Gasteiger partial charge in [-0.3, -0.25) is 4.79 Å². The molecule has 2 N–H and O–H groups in total. The third-order valence-corrected chi connectivity index (χ3v) is 3.17. The van der Waals surface area contributed by atoms with Gasteiger partial charge in [-0.05, 0) is 31.9 Å². The molecular weight excluding hydrogens is 265 g/mol. The fraction of sp³-hybridized carbons (Fsp3) is 0.500. The molecule has 0 saturated carbocycles. The fourth-order valence-electron chi connectivity index (χ4n) is 1.96. The van der Waals surface area contributed by atoms with Crippen LogP contribution < -0.4 is 5.32 Å². The van der Waals surface area contributed by atoms with Gasteiger partial charge in [0.25, 0.3) is 5.91 Å². The van der Waals surface area contributed by atoms with E-state index in [1.54, 1.807) is 6.92 Å². The minimum Gasteiger partial charge on any atom is -0.506 e. The average Bonchev–Trinajstić information content (AvgIpc) is 2.93. The zero-order chi connectivity index (χ0) is 14.5. The fourth-order valence-corrected chi connectivity index (χ4v) is 1.96. The molecule has 1 aromatic carbocycles. The van der Waals surface area contributed by atoms with E-state index in [-0.39, 0.29) is 17.5 Å². The number of anilines is 1. The summed E-state index contributed by atoms with van der Waals surface area (Å²) in [6, 6.07) is 3.82. The smallest absolute Gasteiger partial charge is 0.253 e. The van der Waals surface area contributed by atoms with E-state index in [4.69, 9.17) is 9.47 Å². The highest BCUT2D eigenvalue weighted by molar-refractivity contribution is 5.95. The molecule has 1 aliphatic heterocycles. The molecule has 1 heterocycles. The van der Waals surface area contributed by atoms with Gasteiger partial charge in [0.15, 0.2) is 5.82 Å². The molecule has 0 radical (unpaired) electrons. The van der Waals surface area contributed by atoms with Crippen LogP contribution in [0, 0.1) is 5.82 Å². The lowest BCUT2D eigenvalue weighted by Crippen LogP contribution is -2.30. The van der Waals surface area contributed by atoms with Crippen LogP contribution in [0.5, 0.6) is 5.75 Å². The molecule has 6 heteroatoms. The van der Waals surface area contributed by atoms with E-state index in [1.165, 1.54) is 12.1 Å². The minimum absolute atomic E-state index is 0.0205. The first-order chi connectivity index (χ1) is 9.58. The van der Waals surface area contributed by atoms with Crippen molar-refractivity contribution in [3.63, 3.8) is 0 Å². The largest absolute Gasteiger partial charge is 0.506 e. The Labute approximate surface area is 116 Å².